The van der Waals surface area contributed by atoms with Crippen LogP contribution < -0.4 is 9.47 Å². The van der Waals surface area contributed by atoms with Gasteiger partial charge in [0.15, 0.2) is 11.5 Å². The Morgan fingerprint density at radius 2 is 1.58 bits per heavy atom. The zero-order chi connectivity index (χ0) is 46.2. The molecule has 0 N–H and O–H groups in total. The van der Waals surface area contributed by atoms with Gasteiger partial charge in [-0.05, 0) is 134 Å². The molecule has 334 valence electrons. The van der Waals surface area contributed by atoms with Crippen molar-refractivity contribution in [2.45, 2.75) is 137 Å². The average Bonchev–Trinajstić information content (AvgIpc) is 3.12. The van der Waals surface area contributed by atoms with Crippen LogP contribution in [-0.2, 0) is 43.2 Å². The highest BCUT2D eigenvalue weighted by Gasteiger charge is 2.37. The molecule has 0 saturated carbocycles. The molecule has 1 atom stereocenters. The van der Waals surface area contributed by atoms with E-state index in [0.29, 0.717) is 41.7 Å². The van der Waals surface area contributed by atoms with E-state index in [9.17, 15) is 24.0 Å². The summed E-state index contributed by atoms with van der Waals surface area (Å²) < 4.78 is 28.9. The van der Waals surface area contributed by atoms with Crippen LogP contribution in [0.2, 0.25) is 25.7 Å². The lowest BCUT2D eigenvalue weighted by molar-refractivity contribution is -0.161. The minimum Gasteiger partial charge on any atom is -0.489 e. The van der Waals surface area contributed by atoms with Crippen LogP contribution in [0.4, 0.5) is 4.79 Å². The molecule has 62 heavy (non-hydrogen) atoms. The van der Waals surface area contributed by atoms with Crippen LogP contribution in [0.15, 0.2) is 59.6 Å². The molecule has 0 radical (unpaired) electrons. The van der Waals surface area contributed by atoms with Gasteiger partial charge in [-0.15, -0.1) is 0 Å². The number of para-hydroxylation sites is 1. The zero-order valence-electron chi connectivity index (χ0n) is 38.3. The summed E-state index contributed by atoms with van der Waals surface area (Å²) in [6, 6.07) is 14.4. The summed E-state index contributed by atoms with van der Waals surface area (Å²) in [7, 11) is -1.47. The van der Waals surface area contributed by atoms with Crippen molar-refractivity contribution < 1.29 is 52.5 Å². The lowest BCUT2D eigenvalue weighted by Gasteiger charge is -2.33. The van der Waals surface area contributed by atoms with Gasteiger partial charge < -0.3 is 28.6 Å². The third kappa shape index (κ3) is 15.1. The van der Waals surface area contributed by atoms with E-state index < -0.39 is 55.2 Å². The molecule has 0 unspecified atom stereocenters. The molecule has 0 fully saturated rings. The largest absolute Gasteiger partial charge is 0.489 e. The fourth-order valence-corrected chi connectivity index (χ4v) is 7.40. The van der Waals surface area contributed by atoms with Gasteiger partial charge in [0.05, 0.1) is 29.9 Å². The van der Waals surface area contributed by atoms with Gasteiger partial charge in [0, 0.05) is 33.2 Å². The van der Waals surface area contributed by atoms with Gasteiger partial charge in [-0.25, -0.2) is 19.2 Å². The van der Waals surface area contributed by atoms with Gasteiger partial charge in [-0.3, -0.25) is 9.59 Å². The smallest absolute Gasteiger partial charge is 0.434 e. The van der Waals surface area contributed by atoms with E-state index >= 15 is 4.79 Å². The molecule has 0 spiro atoms. The maximum absolute atomic E-state index is 15.0. The number of aliphatic imine (C=N–C) groups is 1. The number of nitrogens with zero attached hydrogens (tertiary/aromatic N) is 2. The number of carbonyl (C=O) groups is 6. The summed E-state index contributed by atoms with van der Waals surface area (Å²) in [6.07, 6.45) is 0.194. The molecule has 0 bridgehead atoms. The number of benzene rings is 3. The summed E-state index contributed by atoms with van der Waals surface area (Å²) in [4.78, 5) is 86.4. The lowest BCUT2D eigenvalue weighted by Crippen LogP contribution is -2.48. The van der Waals surface area contributed by atoms with Crippen LogP contribution in [0.1, 0.15) is 122 Å². The number of rotatable bonds is 13. The highest BCUT2D eigenvalue weighted by Crippen LogP contribution is 2.36. The summed E-state index contributed by atoms with van der Waals surface area (Å²) in [5.41, 5.74) is 2.28. The monoisotopic (exact) mass is 870 g/mol. The van der Waals surface area contributed by atoms with Crippen LogP contribution in [0.5, 0.6) is 11.5 Å². The fraction of sp³-hybridized carbons (Fsp3) is 0.479. The summed E-state index contributed by atoms with van der Waals surface area (Å²) in [5.74, 6) is -3.05. The molecule has 0 aromatic heterocycles. The van der Waals surface area contributed by atoms with Gasteiger partial charge in [0.1, 0.15) is 23.0 Å². The summed E-state index contributed by atoms with van der Waals surface area (Å²) >= 11 is 0. The number of fused-ring (bicyclic) bond motifs is 2. The summed E-state index contributed by atoms with van der Waals surface area (Å²) in [5, 5.41) is 0. The maximum Gasteiger partial charge on any atom is 0.434 e. The van der Waals surface area contributed by atoms with E-state index in [1.807, 2.05) is 13.0 Å². The van der Waals surface area contributed by atoms with Crippen molar-refractivity contribution in [3.8, 4) is 11.5 Å². The number of hydrogen-bond donors (Lipinski definition) is 0. The topological polar surface area (TPSA) is 164 Å². The first-order valence-electron chi connectivity index (χ1n) is 21.0. The predicted molar refractivity (Wildman–Crippen MR) is 239 cm³/mol. The van der Waals surface area contributed by atoms with E-state index in [1.54, 1.807) is 78.8 Å². The Kier molecular flexibility index (Phi) is 16.2. The Hall–Kier alpha value is -5.63. The van der Waals surface area contributed by atoms with Crippen molar-refractivity contribution in [2.75, 3.05) is 13.2 Å². The molecular formula is C48H62N2O11Si. The molecule has 0 saturated heterocycles. The van der Waals surface area contributed by atoms with Crippen LogP contribution in [0.3, 0.4) is 0 Å². The van der Waals surface area contributed by atoms with Crippen LogP contribution in [0.25, 0.3) is 0 Å². The molecule has 0 aliphatic carbocycles. The van der Waals surface area contributed by atoms with E-state index in [4.69, 9.17) is 23.7 Å². The van der Waals surface area contributed by atoms with E-state index in [0.717, 1.165) is 17.2 Å². The van der Waals surface area contributed by atoms with Crippen molar-refractivity contribution in [1.82, 2.24) is 4.90 Å². The van der Waals surface area contributed by atoms with Gasteiger partial charge >= 0.3 is 24.0 Å². The molecule has 14 heteroatoms. The molecule has 4 rings (SSSR count). The Morgan fingerprint density at radius 3 is 2.23 bits per heavy atom. The number of ketones is 1. The minimum absolute atomic E-state index is 0.00780. The number of amides is 2. The number of hydrogen-bond acceptors (Lipinski definition) is 11. The zero-order valence-corrected chi connectivity index (χ0v) is 39.3. The standard InChI is InChI=1S/C48H62N2O11Si/c1-30-23-34(28-36(24-30)43(53)58-21-22-62(10,11)12)29-50(39(26-32(3)51)45(55)60-47(4,5)6)42(52)38-16-13-17-40-41(38)57-20-14-15-35-27-33(18-19-37(35)44(54)59-40)25-31(2)49-46(56)61-48(7,8)9/h13,16-19,23-24,27-28,39H,14-15,20-22,25-26,29H2,1-12H3/t39-/m0/s1. The van der Waals surface area contributed by atoms with Crippen molar-refractivity contribution in [3.05, 3.63) is 93.5 Å². The van der Waals surface area contributed by atoms with E-state index in [1.165, 1.54) is 30.0 Å². The molecular weight excluding hydrogens is 809 g/mol. The first-order valence-corrected chi connectivity index (χ1v) is 24.7. The molecule has 1 aliphatic heterocycles. The average molecular weight is 871 g/mol. The van der Waals surface area contributed by atoms with Crippen molar-refractivity contribution >= 4 is 49.5 Å². The lowest BCUT2D eigenvalue weighted by atomic mass is 9.97. The highest BCUT2D eigenvalue weighted by molar-refractivity contribution is 6.76. The summed E-state index contributed by atoms with van der Waals surface area (Å²) in [6.45, 7) is 22.0. The van der Waals surface area contributed by atoms with Gasteiger partial charge in [-0.2, -0.15) is 4.99 Å². The molecule has 1 aliphatic rings. The van der Waals surface area contributed by atoms with Crippen LogP contribution in [-0.4, -0.2) is 84.8 Å². The second kappa shape index (κ2) is 20.5. The molecule has 2 amide bonds. The Balaban J connectivity index is 1.72. The number of carbonyl (C=O) groups excluding carboxylic acids is 6. The number of ether oxygens (including phenoxy) is 5. The Labute approximate surface area is 366 Å². The molecule has 3 aromatic carbocycles. The molecule has 3 aromatic rings. The van der Waals surface area contributed by atoms with E-state index in [-0.39, 0.29) is 54.6 Å². The van der Waals surface area contributed by atoms with Crippen molar-refractivity contribution in [2.24, 2.45) is 4.99 Å². The number of aryl methyl sites for hydroxylation is 2. The second-order valence-electron chi connectivity index (χ2n) is 19.0. The maximum atomic E-state index is 15.0. The van der Waals surface area contributed by atoms with Crippen molar-refractivity contribution in [3.63, 3.8) is 0 Å². The third-order valence-corrected chi connectivity index (χ3v) is 11.1. The minimum atomic E-state index is -1.47. The molecule has 1 heterocycles. The molecule has 13 nitrogen and oxygen atoms in total. The van der Waals surface area contributed by atoms with E-state index in [2.05, 4.69) is 24.6 Å². The quantitative estimate of drug-likeness (QED) is 0.0529. The van der Waals surface area contributed by atoms with Gasteiger partial charge in [-0.1, -0.05) is 43.9 Å². The van der Waals surface area contributed by atoms with Crippen molar-refractivity contribution in [1.29, 1.82) is 0 Å². The number of esters is 3. The third-order valence-electron chi connectivity index (χ3n) is 9.38. The first kappa shape index (κ1) is 49.0. The fourth-order valence-electron chi connectivity index (χ4n) is 6.69. The SMILES string of the molecule is CC(=O)C[C@@H](C(=O)OC(C)(C)C)N(Cc1cc(C)cc(C(=O)OCC[Si](C)(C)C)c1)C(=O)c1cccc2c1OCCCc1cc(CC(C)=NC(=O)OC(C)(C)C)ccc1C(=O)O2. The number of Topliss-reactive ketones (excluding diaryl/α,β-unsaturated/α-hetero) is 1. The predicted octanol–water partition coefficient (Wildman–Crippen LogP) is 9.30. The first-order chi connectivity index (χ1) is 28.8. The highest BCUT2D eigenvalue weighted by atomic mass is 28.3. The Morgan fingerprint density at radius 1 is 0.887 bits per heavy atom. The normalized spacial score (nSPS) is 13.9. The van der Waals surface area contributed by atoms with Gasteiger partial charge in [0.25, 0.3) is 5.91 Å². The second-order valence-corrected chi connectivity index (χ2v) is 24.6. The van der Waals surface area contributed by atoms with Crippen LogP contribution >= 0.6 is 0 Å². The van der Waals surface area contributed by atoms with Crippen LogP contribution in [0, 0.1) is 6.92 Å². The van der Waals surface area contributed by atoms with Gasteiger partial charge in [0.2, 0.25) is 0 Å². The Bertz CT molecular complexity index is 2210.